The average molecular weight is 1040 g/mol. The van der Waals surface area contributed by atoms with Gasteiger partial charge in [0.15, 0.2) is 6.10 Å². The number of carbonyl (C=O) groups excluding carboxylic acids is 3. The van der Waals surface area contributed by atoms with Crippen molar-refractivity contribution in [2.24, 2.45) is 0 Å². The summed E-state index contributed by atoms with van der Waals surface area (Å²) in [5.41, 5.74) is 0. The van der Waals surface area contributed by atoms with Crippen molar-refractivity contribution >= 4 is 17.9 Å². The van der Waals surface area contributed by atoms with E-state index in [9.17, 15) is 14.4 Å². The van der Waals surface area contributed by atoms with Crippen molar-refractivity contribution < 1.29 is 28.6 Å². The molecule has 436 valence electrons. The van der Waals surface area contributed by atoms with Gasteiger partial charge in [-0.25, -0.2) is 0 Å². The van der Waals surface area contributed by atoms with E-state index < -0.39 is 6.10 Å². The molecule has 0 aromatic heterocycles. The van der Waals surface area contributed by atoms with E-state index in [0.29, 0.717) is 19.3 Å². The Morgan fingerprint density at radius 3 is 0.757 bits per heavy atom. The van der Waals surface area contributed by atoms with Crippen LogP contribution < -0.4 is 0 Å². The van der Waals surface area contributed by atoms with Crippen molar-refractivity contribution in [2.75, 3.05) is 13.2 Å². The topological polar surface area (TPSA) is 78.9 Å². The predicted octanol–water partition coefficient (Wildman–Crippen LogP) is 22.6. The molecule has 0 aliphatic rings. The van der Waals surface area contributed by atoms with Crippen LogP contribution >= 0.6 is 0 Å². The largest absolute Gasteiger partial charge is 0.462 e. The summed E-state index contributed by atoms with van der Waals surface area (Å²) in [6.07, 6.45) is 76.4. The molecule has 74 heavy (non-hydrogen) atoms. The highest BCUT2D eigenvalue weighted by Gasteiger charge is 2.19. The fourth-order valence-electron chi connectivity index (χ4n) is 10.2. The summed E-state index contributed by atoms with van der Waals surface area (Å²) in [7, 11) is 0. The van der Waals surface area contributed by atoms with Gasteiger partial charge in [-0.1, -0.05) is 328 Å². The van der Waals surface area contributed by atoms with Crippen LogP contribution in [0.4, 0.5) is 0 Å². The van der Waals surface area contributed by atoms with Gasteiger partial charge >= 0.3 is 17.9 Å². The molecule has 0 aliphatic heterocycles. The van der Waals surface area contributed by atoms with Crippen LogP contribution in [0.5, 0.6) is 0 Å². The van der Waals surface area contributed by atoms with Gasteiger partial charge in [0.05, 0.1) is 0 Å². The molecule has 1 unspecified atom stereocenters. The van der Waals surface area contributed by atoms with E-state index in [1.54, 1.807) is 0 Å². The van der Waals surface area contributed by atoms with Crippen molar-refractivity contribution in [1.82, 2.24) is 0 Å². The second kappa shape index (κ2) is 63.4. The molecule has 0 N–H and O–H groups in total. The molecule has 6 heteroatoms. The highest BCUT2D eigenvalue weighted by Crippen LogP contribution is 2.18. The van der Waals surface area contributed by atoms with Crippen molar-refractivity contribution in [3.05, 3.63) is 24.3 Å². The number of unbranched alkanes of at least 4 members (excludes halogenated alkanes) is 47. The van der Waals surface area contributed by atoms with Crippen LogP contribution in [0.3, 0.4) is 0 Å². The first-order valence-electron chi connectivity index (χ1n) is 33.3. The van der Waals surface area contributed by atoms with Crippen LogP contribution in [0.1, 0.15) is 374 Å². The molecule has 0 rings (SSSR count). The molecule has 0 aromatic rings. The molecule has 0 aliphatic carbocycles. The van der Waals surface area contributed by atoms with Crippen LogP contribution in [-0.2, 0) is 28.6 Å². The Kier molecular flexibility index (Phi) is 61.6. The first-order valence-corrected chi connectivity index (χ1v) is 33.3. The summed E-state index contributed by atoms with van der Waals surface area (Å²) in [5, 5.41) is 0. The lowest BCUT2D eigenvalue weighted by atomic mass is 10.0. The highest BCUT2D eigenvalue weighted by atomic mass is 16.6. The zero-order valence-corrected chi connectivity index (χ0v) is 50.1. The molecular weight excluding hydrogens is 913 g/mol. The minimum atomic E-state index is -0.771. The summed E-state index contributed by atoms with van der Waals surface area (Å²) in [4.78, 5) is 38.2. The molecule has 0 saturated heterocycles. The second-order valence-corrected chi connectivity index (χ2v) is 22.7. The van der Waals surface area contributed by atoms with Gasteiger partial charge in [-0.2, -0.15) is 0 Å². The minimum Gasteiger partial charge on any atom is -0.462 e. The van der Waals surface area contributed by atoms with Crippen molar-refractivity contribution in [2.45, 2.75) is 380 Å². The molecular formula is C68H128O6. The number of carbonyl (C=O) groups is 3. The number of hydrogen-bond donors (Lipinski definition) is 0. The Morgan fingerprint density at radius 2 is 0.486 bits per heavy atom. The average Bonchev–Trinajstić information content (AvgIpc) is 3.40. The van der Waals surface area contributed by atoms with E-state index in [1.165, 1.54) is 263 Å². The molecule has 0 saturated carbocycles. The third-order valence-electron chi connectivity index (χ3n) is 15.2. The smallest absolute Gasteiger partial charge is 0.306 e. The number of hydrogen-bond acceptors (Lipinski definition) is 6. The zero-order chi connectivity index (χ0) is 53.6. The number of ether oxygens (including phenoxy) is 3. The monoisotopic (exact) mass is 1040 g/mol. The van der Waals surface area contributed by atoms with Crippen LogP contribution in [0.25, 0.3) is 0 Å². The van der Waals surface area contributed by atoms with Gasteiger partial charge in [-0.05, 0) is 51.4 Å². The second-order valence-electron chi connectivity index (χ2n) is 22.7. The summed E-state index contributed by atoms with van der Waals surface area (Å²) in [5.74, 6) is -0.852. The number of esters is 3. The van der Waals surface area contributed by atoms with Crippen LogP contribution in [0.2, 0.25) is 0 Å². The van der Waals surface area contributed by atoms with Gasteiger partial charge in [0.1, 0.15) is 13.2 Å². The maximum Gasteiger partial charge on any atom is 0.306 e. The summed E-state index contributed by atoms with van der Waals surface area (Å²) in [6, 6.07) is 0. The summed E-state index contributed by atoms with van der Waals surface area (Å²) in [6.45, 7) is 6.67. The van der Waals surface area contributed by atoms with E-state index in [2.05, 4.69) is 45.1 Å². The molecule has 0 amide bonds. The van der Waals surface area contributed by atoms with E-state index in [-0.39, 0.29) is 31.1 Å². The zero-order valence-electron chi connectivity index (χ0n) is 50.1. The fraction of sp³-hybridized carbons (Fsp3) is 0.897. The maximum absolute atomic E-state index is 12.9. The van der Waals surface area contributed by atoms with Gasteiger partial charge in [0.25, 0.3) is 0 Å². The normalized spacial score (nSPS) is 12.1. The quantitative estimate of drug-likeness (QED) is 0.0261. The van der Waals surface area contributed by atoms with Crippen molar-refractivity contribution in [1.29, 1.82) is 0 Å². The number of allylic oxidation sites excluding steroid dienone is 4. The molecule has 0 aromatic carbocycles. The minimum absolute atomic E-state index is 0.0688. The summed E-state index contributed by atoms with van der Waals surface area (Å²) < 4.78 is 16.9. The van der Waals surface area contributed by atoms with Gasteiger partial charge in [0, 0.05) is 19.3 Å². The maximum atomic E-state index is 12.9. The van der Waals surface area contributed by atoms with E-state index in [4.69, 9.17) is 14.2 Å². The highest BCUT2D eigenvalue weighted by molar-refractivity contribution is 5.71. The Balaban J connectivity index is 4.12. The Morgan fingerprint density at radius 1 is 0.270 bits per heavy atom. The van der Waals surface area contributed by atoms with E-state index in [1.807, 2.05) is 0 Å². The third-order valence-corrected chi connectivity index (χ3v) is 15.2. The molecule has 1 atom stereocenters. The van der Waals surface area contributed by atoms with Crippen molar-refractivity contribution in [3.63, 3.8) is 0 Å². The summed E-state index contributed by atoms with van der Waals surface area (Å²) >= 11 is 0. The molecule has 6 nitrogen and oxygen atoms in total. The lowest BCUT2D eigenvalue weighted by molar-refractivity contribution is -0.167. The lowest BCUT2D eigenvalue weighted by Gasteiger charge is -2.18. The Labute approximate surface area is 462 Å². The molecule has 0 heterocycles. The van der Waals surface area contributed by atoms with Gasteiger partial charge in [0.2, 0.25) is 0 Å². The SMILES string of the molecule is CCCCCC/C=C\C/C=C\CCCCCCCCCC(=O)OC(COC(=O)CCCCCCCCCCCC)COC(=O)CCCCCCCCCCCCCCCCCCCCCCCCCCCCCC. The van der Waals surface area contributed by atoms with Crippen LogP contribution in [0.15, 0.2) is 24.3 Å². The molecule has 0 radical (unpaired) electrons. The van der Waals surface area contributed by atoms with Crippen LogP contribution in [-0.4, -0.2) is 37.2 Å². The van der Waals surface area contributed by atoms with Gasteiger partial charge in [-0.3, -0.25) is 14.4 Å². The lowest BCUT2D eigenvalue weighted by Crippen LogP contribution is -2.30. The van der Waals surface area contributed by atoms with Crippen LogP contribution in [0, 0.1) is 0 Å². The number of rotatable bonds is 62. The first-order chi connectivity index (χ1) is 36.5. The van der Waals surface area contributed by atoms with E-state index in [0.717, 1.165) is 70.6 Å². The Bertz CT molecular complexity index is 1190. The fourth-order valence-corrected chi connectivity index (χ4v) is 10.2. The molecule has 0 fully saturated rings. The Hall–Kier alpha value is -2.11. The third kappa shape index (κ3) is 60.8. The van der Waals surface area contributed by atoms with Crippen molar-refractivity contribution in [3.8, 4) is 0 Å². The van der Waals surface area contributed by atoms with Gasteiger partial charge in [-0.15, -0.1) is 0 Å². The first kappa shape index (κ1) is 71.9. The molecule has 0 spiro atoms. The molecule has 0 bridgehead atoms. The standard InChI is InChI=1S/C68H128O6/c1-4-7-10-13-16-19-22-24-26-28-30-31-32-33-34-35-36-37-38-39-41-42-44-46-49-52-55-58-61-67(70)73-64-65(63-72-66(69)60-57-54-51-48-21-18-15-12-9-6-3)74-68(71)62-59-56-53-50-47-45-43-40-29-27-25-23-20-17-14-11-8-5-2/h20,23,27,29,65H,4-19,21-22,24-26,28,30-64H2,1-3H3/b23-20-,29-27-. The van der Waals surface area contributed by atoms with E-state index >= 15 is 0 Å². The van der Waals surface area contributed by atoms with Gasteiger partial charge < -0.3 is 14.2 Å². The predicted molar refractivity (Wildman–Crippen MR) is 321 cm³/mol.